The van der Waals surface area contributed by atoms with Gasteiger partial charge in [0, 0.05) is 21.3 Å². The van der Waals surface area contributed by atoms with Crippen LogP contribution >= 0.6 is 0 Å². The van der Waals surface area contributed by atoms with Gasteiger partial charge >= 0.3 is 8.80 Å². The molecule has 0 fully saturated rings. The number of nitrogens with one attached hydrogen (secondary N) is 1. The first-order valence-corrected chi connectivity index (χ1v) is 6.24. The van der Waals surface area contributed by atoms with Gasteiger partial charge in [0.15, 0.2) is 0 Å². The molecule has 80 valence electrons. The molecule has 0 saturated heterocycles. The Kier molecular flexibility index (Phi) is 7.43. The molecule has 0 aliphatic rings. The van der Waals surface area contributed by atoms with Crippen molar-refractivity contribution in [2.45, 2.75) is 6.42 Å². The van der Waals surface area contributed by atoms with Crippen molar-refractivity contribution in [2.24, 2.45) is 5.73 Å². The Balaban J connectivity index is 3.68. The number of rotatable bonds is 8. The maximum absolute atomic E-state index is 5.35. The highest BCUT2D eigenvalue weighted by molar-refractivity contribution is 6.60. The van der Waals surface area contributed by atoms with E-state index < -0.39 is 8.80 Å². The molecule has 0 aromatic heterocycles. The first kappa shape index (κ1) is 13.0. The van der Waals surface area contributed by atoms with Gasteiger partial charge in [-0.25, -0.2) is 0 Å². The topological polar surface area (TPSA) is 65.7 Å². The maximum atomic E-state index is 5.35. The van der Waals surface area contributed by atoms with E-state index in [1.807, 2.05) is 0 Å². The van der Waals surface area contributed by atoms with Crippen LogP contribution in [0.2, 0.25) is 0 Å². The quantitative estimate of drug-likeness (QED) is 0.409. The van der Waals surface area contributed by atoms with Gasteiger partial charge in [0.05, 0.1) is 6.17 Å². The van der Waals surface area contributed by atoms with E-state index in [2.05, 4.69) is 5.32 Å². The second-order valence-corrected chi connectivity index (χ2v) is 5.56. The standard InChI is InChI=1S/C7H20N2O3Si/c1-10-13(11-2,12-3)7-9-6-4-5-8/h9H,4-8H2,1-3H3. The summed E-state index contributed by atoms with van der Waals surface area (Å²) in [6.07, 6.45) is 1.57. The summed E-state index contributed by atoms with van der Waals surface area (Å²) in [5.74, 6) is 0. The second-order valence-electron chi connectivity index (χ2n) is 2.61. The molecule has 0 aliphatic carbocycles. The minimum absolute atomic E-state index is 0.622. The second kappa shape index (κ2) is 7.42. The fourth-order valence-electron chi connectivity index (χ4n) is 0.935. The van der Waals surface area contributed by atoms with E-state index in [1.54, 1.807) is 21.3 Å². The molecule has 5 nitrogen and oxygen atoms in total. The molecule has 0 atom stereocenters. The van der Waals surface area contributed by atoms with E-state index in [0.29, 0.717) is 12.7 Å². The highest BCUT2D eigenvalue weighted by Crippen LogP contribution is 2.03. The highest BCUT2D eigenvalue weighted by atomic mass is 28.4. The average molecular weight is 208 g/mol. The van der Waals surface area contributed by atoms with Gasteiger partial charge in [0.2, 0.25) is 0 Å². The van der Waals surface area contributed by atoms with Crippen LogP contribution in [0.3, 0.4) is 0 Å². The van der Waals surface area contributed by atoms with Crippen LogP contribution in [0.1, 0.15) is 6.42 Å². The molecule has 0 saturated carbocycles. The van der Waals surface area contributed by atoms with Gasteiger partial charge < -0.3 is 24.3 Å². The van der Waals surface area contributed by atoms with Crippen LogP contribution < -0.4 is 11.1 Å². The largest absolute Gasteiger partial charge is 0.514 e. The van der Waals surface area contributed by atoms with Crippen LogP contribution in [0.15, 0.2) is 0 Å². The monoisotopic (exact) mass is 208 g/mol. The van der Waals surface area contributed by atoms with Crippen LogP contribution in [0.25, 0.3) is 0 Å². The summed E-state index contributed by atoms with van der Waals surface area (Å²) in [5, 5.41) is 3.19. The number of hydrogen-bond donors (Lipinski definition) is 2. The Labute approximate surface area is 80.9 Å². The number of hydrogen-bond acceptors (Lipinski definition) is 5. The normalized spacial score (nSPS) is 12.0. The molecule has 0 bridgehead atoms. The van der Waals surface area contributed by atoms with Crippen molar-refractivity contribution in [1.29, 1.82) is 0 Å². The summed E-state index contributed by atoms with van der Waals surface area (Å²) in [4.78, 5) is 0. The first-order chi connectivity index (χ1) is 6.24. The summed E-state index contributed by atoms with van der Waals surface area (Å²) in [5.41, 5.74) is 5.35. The van der Waals surface area contributed by atoms with Crippen LogP contribution in [0.5, 0.6) is 0 Å². The third-order valence-corrected chi connectivity index (χ3v) is 4.38. The SMILES string of the molecule is CO[Si](CNCCCN)(OC)OC. The zero-order valence-electron chi connectivity index (χ0n) is 8.63. The van der Waals surface area contributed by atoms with Crippen LogP contribution in [0, 0.1) is 0 Å². The van der Waals surface area contributed by atoms with Crippen molar-refractivity contribution < 1.29 is 13.3 Å². The molecule has 0 unspecified atom stereocenters. The molecule has 0 heterocycles. The third-order valence-electron chi connectivity index (χ3n) is 1.83. The Bertz CT molecular complexity index is 114. The minimum Gasteiger partial charge on any atom is -0.376 e. The molecule has 3 N–H and O–H groups in total. The van der Waals surface area contributed by atoms with Crippen molar-refractivity contribution in [1.82, 2.24) is 5.32 Å². The van der Waals surface area contributed by atoms with Crippen LogP contribution in [-0.2, 0) is 13.3 Å². The van der Waals surface area contributed by atoms with E-state index in [0.717, 1.165) is 13.0 Å². The Morgan fingerprint density at radius 2 is 1.69 bits per heavy atom. The zero-order chi connectivity index (χ0) is 10.2. The molecule has 0 aliphatic heterocycles. The lowest BCUT2D eigenvalue weighted by atomic mass is 10.4. The number of nitrogens with two attached hydrogens (primary N) is 1. The molecular weight excluding hydrogens is 188 g/mol. The van der Waals surface area contributed by atoms with Crippen LogP contribution in [0.4, 0.5) is 0 Å². The van der Waals surface area contributed by atoms with Crippen molar-refractivity contribution in [3.63, 3.8) is 0 Å². The predicted octanol–water partition coefficient (Wildman–Crippen LogP) is -0.658. The fraction of sp³-hybridized carbons (Fsp3) is 1.00. The summed E-state index contributed by atoms with van der Waals surface area (Å²) >= 11 is 0. The van der Waals surface area contributed by atoms with Gasteiger partial charge in [0.1, 0.15) is 0 Å². The molecule has 0 amide bonds. The Hall–Kier alpha value is 0.0169. The van der Waals surface area contributed by atoms with Gasteiger partial charge in [-0.05, 0) is 19.5 Å². The van der Waals surface area contributed by atoms with Crippen molar-refractivity contribution >= 4 is 8.80 Å². The smallest absolute Gasteiger partial charge is 0.376 e. The van der Waals surface area contributed by atoms with Gasteiger partial charge in [0.25, 0.3) is 0 Å². The summed E-state index contributed by atoms with van der Waals surface area (Å²) < 4.78 is 15.7. The summed E-state index contributed by atoms with van der Waals surface area (Å²) in [6, 6.07) is 0. The predicted molar refractivity (Wildman–Crippen MR) is 53.3 cm³/mol. The van der Waals surface area contributed by atoms with Crippen molar-refractivity contribution in [3.05, 3.63) is 0 Å². The van der Waals surface area contributed by atoms with Crippen molar-refractivity contribution in [3.8, 4) is 0 Å². The third kappa shape index (κ3) is 4.70. The molecular formula is C7H20N2O3Si. The molecule has 6 heteroatoms. The van der Waals surface area contributed by atoms with E-state index in [1.165, 1.54) is 0 Å². The van der Waals surface area contributed by atoms with Crippen LogP contribution in [-0.4, -0.2) is 49.4 Å². The first-order valence-electron chi connectivity index (χ1n) is 4.31. The molecule has 0 rings (SSSR count). The van der Waals surface area contributed by atoms with Gasteiger partial charge in [-0.2, -0.15) is 0 Å². The minimum atomic E-state index is -2.42. The average Bonchev–Trinajstić information content (AvgIpc) is 2.20. The molecule has 0 aromatic rings. The van der Waals surface area contributed by atoms with E-state index >= 15 is 0 Å². The van der Waals surface area contributed by atoms with Gasteiger partial charge in [-0.3, -0.25) is 0 Å². The molecule has 0 spiro atoms. The summed E-state index contributed by atoms with van der Waals surface area (Å²) in [7, 11) is 2.38. The Morgan fingerprint density at radius 3 is 2.08 bits per heavy atom. The van der Waals surface area contributed by atoms with Gasteiger partial charge in [-0.15, -0.1) is 0 Å². The molecule has 0 radical (unpaired) electrons. The lowest BCUT2D eigenvalue weighted by Gasteiger charge is -2.24. The Morgan fingerprint density at radius 1 is 1.15 bits per heavy atom. The van der Waals surface area contributed by atoms with Crippen molar-refractivity contribution in [2.75, 3.05) is 40.6 Å². The zero-order valence-corrected chi connectivity index (χ0v) is 9.63. The lowest BCUT2D eigenvalue weighted by Crippen LogP contribution is -2.52. The van der Waals surface area contributed by atoms with E-state index in [-0.39, 0.29) is 0 Å². The highest BCUT2D eigenvalue weighted by Gasteiger charge is 2.37. The molecule has 13 heavy (non-hydrogen) atoms. The molecule has 0 aromatic carbocycles. The summed E-state index contributed by atoms with van der Waals surface area (Å²) in [6.45, 7) is 1.55. The lowest BCUT2D eigenvalue weighted by molar-refractivity contribution is 0.122. The van der Waals surface area contributed by atoms with E-state index in [9.17, 15) is 0 Å². The van der Waals surface area contributed by atoms with Gasteiger partial charge in [-0.1, -0.05) is 0 Å². The maximum Gasteiger partial charge on any atom is 0.514 e. The fourth-order valence-corrected chi connectivity index (χ4v) is 2.35. The van der Waals surface area contributed by atoms with E-state index in [4.69, 9.17) is 19.0 Å².